The summed E-state index contributed by atoms with van der Waals surface area (Å²) in [4.78, 5) is 12.7. The van der Waals surface area contributed by atoms with E-state index in [1.807, 2.05) is 76.9 Å². The first-order chi connectivity index (χ1) is 15.1. The van der Waals surface area contributed by atoms with Gasteiger partial charge in [-0.1, -0.05) is 48.4 Å². The van der Waals surface area contributed by atoms with E-state index in [-0.39, 0.29) is 12.4 Å². The number of hydrogen-bond donors (Lipinski definition) is 0. The van der Waals surface area contributed by atoms with E-state index in [9.17, 15) is 4.79 Å². The van der Waals surface area contributed by atoms with Crippen molar-refractivity contribution < 1.29 is 14.1 Å². The van der Waals surface area contributed by atoms with Crippen LogP contribution in [0.1, 0.15) is 45.4 Å². The molecule has 0 radical (unpaired) electrons. The zero-order valence-electron chi connectivity index (χ0n) is 18.2. The Morgan fingerprint density at radius 3 is 1.87 bits per heavy atom. The van der Waals surface area contributed by atoms with Gasteiger partial charge in [0.1, 0.15) is 0 Å². The molecule has 0 bridgehead atoms. The molecule has 0 amide bonds. The number of ether oxygens (including phenoxy) is 1. The van der Waals surface area contributed by atoms with Gasteiger partial charge in [0.15, 0.2) is 0 Å². The van der Waals surface area contributed by atoms with Crippen LogP contribution in [0.15, 0.2) is 71.6 Å². The van der Waals surface area contributed by atoms with Crippen LogP contribution >= 0.6 is 7.44 Å². The molecule has 1 saturated heterocycles. The molecule has 5 nitrogen and oxygen atoms in total. The van der Waals surface area contributed by atoms with Crippen molar-refractivity contribution in [3.05, 3.63) is 71.6 Å². The van der Waals surface area contributed by atoms with Gasteiger partial charge in [0.05, 0.1) is 13.0 Å². The number of anilines is 2. The fraction of sp³-hybridized carbons (Fsp3) is 0.400. The van der Waals surface area contributed by atoms with Crippen LogP contribution in [-0.2, 0) is 14.1 Å². The molecule has 0 unspecified atom stereocenters. The number of benzene rings is 2. The first-order valence-corrected chi connectivity index (χ1v) is 12.9. The van der Waals surface area contributed by atoms with E-state index >= 15 is 4.57 Å². The van der Waals surface area contributed by atoms with Crippen LogP contribution in [0.4, 0.5) is 11.4 Å². The molecule has 2 fully saturated rings. The van der Waals surface area contributed by atoms with Crippen LogP contribution in [0, 0.1) is 0 Å². The number of carbonyl (C=O) groups is 1. The SMILES string of the molecule is CCOC(=O)CC(=C1CCCCC1)P1(=O)N(c2ccccc2)CCN1c1ccccc1. The lowest BCUT2D eigenvalue weighted by Gasteiger charge is -2.36. The van der Waals surface area contributed by atoms with Crippen LogP contribution in [0.25, 0.3) is 0 Å². The van der Waals surface area contributed by atoms with Gasteiger partial charge in [-0.15, -0.1) is 0 Å². The standard InChI is InChI=1S/C25H31N2O3P/c1-2-30-25(28)20-24(21-12-6-3-7-13-21)31(29)26(22-14-8-4-9-15-22)18-19-27(31)23-16-10-5-11-17-23/h4-5,8-11,14-17H,2-3,6-7,12-13,18-20H2,1H3. The van der Waals surface area contributed by atoms with E-state index in [0.717, 1.165) is 42.4 Å². The fourth-order valence-electron chi connectivity index (χ4n) is 4.70. The van der Waals surface area contributed by atoms with Crippen molar-refractivity contribution in [1.29, 1.82) is 0 Å². The van der Waals surface area contributed by atoms with Gasteiger partial charge in [0.2, 0.25) is 0 Å². The highest BCUT2D eigenvalue weighted by Gasteiger charge is 2.48. The Hall–Kier alpha value is -2.52. The van der Waals surface area contributed by atoms with Crippen LogP contribution in [0.5, 0.6) is 0 Å². The van der Waals surface area contributed by atoms with Crippen molar-refractivity contribution in [2.45, 2.75) is 45.4 Å². The number of hydrogen-bond acceptors (Lipinski definition) is 3. The molecule has 6 heteroatoms. The predicted molar refractivity (Wildman–Crippen MR) is 127 cm³/mol. The zero-order valence-corrected chi connectivity index (χ0v) is 19.1. The maximum absolute atomic E-state index is 15.2. The summed E-state index contributed by atoms with van der Waals surface area (Å²) >= 11 is 0. The molecule has 1 aliphatic heterocycles. The number of esters is 1. The van der Waals surface area contributed by atoms with Gasteiger partial charge in [0.25, 0.3) is 7.44 Å². The van der Waals surface area contributed by atoms with Gasteiger partial charge >= 0.3 is 5.97 Å². The highest BCUT2D eigenvalue weighted by molar-refractivity contribution is 7.71. The van der Waals surface area contributed by atoms with Crippen LogP contribution in [0.3, 0.4) is 0 Å². The molecule has 0 spiro atoms. The Morgan fingerprint density at radius 1 is 0.871 bits per heavy atom. The van der Waals surface area contributed by atoms with Gasteiger partial charge in [-0.25, -0.2) is 0 Å². The van der Waals surface area contributed by atoms with Crippen molar-refractivity contribution in [3.8, 4) is 0 Å². The lowest BCUT2D eigenvalue weighted by Crippen LogP contribution is -2.23. The van der Waals surface area contributed by atoms with Crippen molar-refractivity contribution >= 4 is 24.8 Å². The van der Waals surface area contributed by atoms with E-state index in [0.29, 0.717) is 19.7 Å². The molecule has 0 N–H and O–H groups in total. The third-order valence-electron chi connectivity index (χ3n) is 6.12. The zero-order chi connectivity index (χ0) is 21.7. The molecule has 0 atom stereocenters. The molecule has 1 aliphatic carbocycles. The summed E-state index contributed by atoms with van der Waals surface area (Å²) in [6.07, 6.45) is 5.25. The normalized spacial score (nSPS) is 18.2. The Balaban J connectivity index is 1.86. The maximum atomic E-state index is 15.2. The Kier molecular flexibility index (Phi) is 6.82. The summed E-state index contributed by atoms with van der Waals surface area (Å²) in [7, 11) is -3.24. The van der Waals surface area contributed by atoms with Crippen molar-refractivity contribution in [1.82, 2.24) is 0 Å². The van der Waals surface area contributed by atoms with Gasteiger partial charge in [-0.05, 0) is 56.9 Å². The summed E-state index contributed by atoms with van der Waals surface area (Å²) in [5.41, 5.74) is 3.05. The monoisotopic (exact) mass is 438 g/mol. The average Bonchev–Trinajstić information content (AvgIpc) is 3.17. The van der Waals surface area contributed by atoms with E-state index in [4.69, 9.17) is 4.74 Å². The molecular formula is C25H31N2O3P. The van der Waals surface area contributed by atoms with E-state index in [1.165, 1.54) is 12.0 Å². The third-order valence-corrected chi connectivity index (χ3v) is 9.47. The highest BCUT2D eigenvalue weighted by Crippen LogP contribution is 2.67. The van der Waals surface area contributed by atoms with Crippen LogP contribution < -0.4 is 9.34 Å². The van der Waals surface area contributed by atoms with E-state index < -0.39 is 7.44 Å². The molecule has 2 aromatic rings. The van der Waals surface area contributed by atoms with Crippen molar-refractivity contribution in [3.63, 3.8) is 0 Å². The Morgan fingerprint density at radius 2 is 1.39 bits per heavy atom. The Labute approximate surface area is 185 Å². The summed E-state index contributed by atoms with van der Waals surface area (Å²) in [6.45, 7) is 3.44. The Bertz CT molecular complexity index is 915. The lowest BCUT2D eigenvalue weighted by molar-refractivity contribution is -0.142. The molecule has 4 rings (SSSR count). The van der Waals surface area contributed by atoms with Gasteiger partial charge in [-0.3, -0.25) is 9.36 Å². The number of carbonyl (C=O) groups excluding carboxylic acids is 1. The number of nitrogens with zero attached hydrogens (tertiary/aromatic N) is 2. The number of para-hydroxylation sites is 2. The number of rotatable bonds is 6. The second-order valence-corrected chi connectivity index (χ2v) is 10.6. The molecule has 0 aromatic heterocycles. The third kappa shape index (κ3) is 4.43. The summed E-state index contributed by atoms with van der Waals surface area (Å²) in [6, 6.07) is 19.9. The van der Waals surface area contributed by atoms with E-state index in [1.54, 1.807) is 0 Å². The summed E-state index contributed by atoms with van der Waals surface area (Å²) in [5, 5.41) is 0.788. The van der Waals surface area contributed by atoms with Crippen molar-refractivity contribution in [2.75, 3.05) is 29.0 Å². The van der Waals surface area contributed by atoms with Crippen LogP contribution in [-0.4, -0.2) is 25.7 Å². The largest absolute Gasteiger partial charge is 0.466 e. The molecule has 2 aromatic carbocycles. The molecule has 1 heterocycles. The van der Waals surface area contributed by atoms with Gasteiger partial charge in [-0.2, -0.15) is 0 Å². The minimum atomic E-state index is -3.24. The first kappa shape index (κ1) is 21.7. The number of allylic oxidation sites excluding steroid dienone is 1. The molecule has 2 aliphatic rings. The topological polar surface area (TPSA) is 49.9 Å². The second-order valence-electron chi connectivity index (χ2n) is 8.05. The molecular weight excluding hydrogens is 407 g/mol. The smallest absolute Gasteiger partial charge is 0.310 e. The lowest BCUT2D eigenvalue weighted by atomic mass is 9.94. The fourth-order valence-corrected chi connectivity index (χ4v) is 8.13. The maximum Gasteiger partial charge on any atom is 0.310 e. The predicted octanol–water partition coefficient (Wildman–Crippen LogP) is 6.38. The minimum Gasteiger partial charge on any atom is -0.466 e. The molecule has 164 valence electrons. The average molecular weight is 439 g/mol. The highest BCUT2D eigenvalue weighted by atomic mass is 31.2. The van der Waals surface area contributed by atoms with Crippen LogP contribution in [0.2, 0.25) is 0 Å². The van der Waals surface area contributed by atoms with Crippen molar-refractivity contribution in [2.24, 2.45) is 0 Å². The second kappa shape index (κ2) is 9.74. The summed E-state index contributed by atoms with van der Waals surface area (Å²) in [5.74, 6) is -0.293. The first-order valence-electron chi connectivity index (χ1n) is 11.3. The quantitative estimate of drug-likeness (QED) is 0.387. The molecule has 31 heavy (non-hydrogen) atoms. The van der Waals surface area contributed by atoms with E-state index in [2.05, 4.69) is 0 Å². The summed E-state index contributed by atoms with van der Waals surface area (Å²) < 4.78 is 24.6. The van der Waals surface area contributed by atoms with Gasteiger partial charge < -0.3 is 14.1 Å². The van der Waals surface area contributed by atoms with Gasteiger partial charge in [0, 0.05) is 29.8 Å². The molecule has 1 saturated carbocycles. The minimum absolute atomic E-state index is 0.0904.